The smallest absolute Gasteiger partial charge is 0.407 e. The number of carbonyl (C=O) groups is 2. The van der Waals surface area contributed by atoms with Gasteiger partial charge < -0.3 is 32.1 Å². The zero-order valence-corrected chi connectivity index (χ0v) is 19.7. The SMILES string of the molecule is C[N+](C)(C)CCC1(C[C@H](NC(=O)OCC2c3ccccc3-c3ccccc32)C(=O)O)N=N1.[Cl-]. The molecule has 1 amide bonds. The lowest BCUT2D eigenvalue weighted by Crippen LogP contribution is -3.00. The zero-order chi connectivity index (χ0) is 22.9. The molecule has 0 radical (unpaired) electrons. The monoisotopic (exact) mass is 472 g/mol. The van der Waals surface area contributed by atoms with Crippen LogP contribution in [0.4, 0.5) is 4.79 Å². The van der Waals surface area contributed by atoms with Crippen molar-refractivity contribution in [1.29, 1.82) is 0 Å². The molecular formula is C24H29ClN4O4. The van der Waals surface area contributed by atoms with E-state index in [9.17, 15) is 14.7 Å². The number of halogens is 1. The molecule has 2 aliphatic rings. The third-order valence-corrected chi connectivity index (χ3v) is 6.03. The van der Waals surface area contributed by atoms with E-state index in [1.807, 2.05) is 36.4 Å². The number of ether oxygens (including phenoxy) is 1. The molecule has 0 saturated heterocycles. The number of fused-ring (bicyclic) bond motifs is 3. The number of hydrogen-bond donors (Lipinski definition) is 2. The van der Waals surface area contributed by atoms with Crippen LogP contribution < -0.4 is 17.7 Å². The van der Waals surface area contributed by atoms with Crippen molar-refractivity contribution in [1.82, 2.24) is 5.32 Å². The zero-order valence-electron chi connectivity index (χ0n) is 19.0. The molecule has 2 N–H and O–H groups in total. The maximum atomic E-state index is 12.5. The van der Waals surface area contributed by atoms with E-state index < -0.39 is 23.8 Å². The largest absolute Gasteiger partial charge is 1.00 e. The maximum Gasteiger partial charge on any atom is 0.407 e. The number of benzene rings is 2. The first-order valence-corrected chi connectivity index (χ1v) is 10.8. The molecule has 33 heavy (non-hydrogen) atoms. The van der Waals surface area contributed by atoms with E-state index in [0.29, 0.717) is 6.42 Å². The van der Waals surface area contributed by atoms with E-state index in [-0.39, 0.29) is 31.4 Å². The average molecular weight is 473 g/mol. The fraction of sp³-hybridized carbons (Fsp3) is 0.417. The Hall–Kier alpha value is -2.97. The molecule has 0 bridgehead atoms. The van der Waals surface area contributed by atoms with Gasteiger partial charge in [0.2, 0.25) is 0 Å². The van der Waals surface area contributed by atoms with Crippen LogP contribution in [-0.4, -0.2) is 67.7 Å². The molecule has 0 fully saturated rings. The molecule has 1 heterocycles. The van der Waals surface area contributed by atoms with Crippen LogP contribution in [0.25, 0.3) is 11.1 Å². The summed E-state index contributed by atoms with van der Waals surface area (Å²) in [5.41, 5.74) is 3.75. The summed E-state index contributed by atoms with van der Waals surface area (Å²) in [4.78, 5) is 24.3. The van der Waals surface area contributed by atoms with E-state index >= 15 is 0 Å². The first-order chi connectivity index (χ1) is 15.2. The second-order valence-electron chi connectivity index (χ2n) is 9.51. The molecule has 176 valence electrons. The van der Waals surface area contributed by atoms with Crippen molar-refractivity contribution < 1.29 is 36.3 Å². The van der Waals surface area contributed by atoms with Gasteiger partial charge in [0.1, 0.15) is 12.6 Å². The summed E-state index contributed by atoms with van der Waals surface area (Å²) in [5.74, 6) is -1.21. The molecule has 8 nitrogen and oxygen atoms in total. The van der Waals surface area contributed by atoms with Crippen molar-refractivity contribution in [2.45, 2.75) is 30.5 Å². The van der Waals surface area contributed by atoms with Gasteiger partial charge in [-0.1, -0.05) is 48.5 Å². The molecule has 1 atom stereocenters. The van der Waals surface area contributed by atoms with Gasteiger partial charge in [-0.05, 0) is 22.3 Å². The van der Waals surface area contributed by atoms with Gasteiger partial charge in [-0.3, -0.25) is 0 Å². The van der Waals surface area contributed by atoms with Gasteiger partial charge >= 0.3 is 12.1 Å². The van der Waals surface area contributed by atoms with E-state index in [0.717, 1.165) is 33.3 Å². The predicted octanol–water partition coefficient (Wildman–Crippen LogP) is 0.631. The second kappa shape index (κ2) is 9.49. The van der Waals surface area contributed by atoms with Gasteiger partial charge in [0.15, 0.2) is 5.66 Å². The number of quaternary nitrogens is 1. The highest BCUT2D eigenvalue weighted by Gasteiger charge is 2.45. The van der Waals surface area contributed by atoms with E-state index in [1.165, 1.54) is 0 Å². The van der Waals surface area contributed by atoms with Crippen LogP contribution in [0.5, 0.6) is 0 Å². The number of nitrogens with zero attached hydrogens (tertiary/aromatic N) is 3. The van der Waals surface area contributed by atoms with Gasteiger partial charge in [0.05, 0.1) is 27.7 Å². The molecule has 2 aromatic rings. The summed E-state index contributed by atoms with van der Waals surface area (Å²) in [6.45, 7) is 0.928. The second-order valence-corrected chi connectivity index (χ2v) is 9.51. The van der Waals surface area contributed by atoms with Gasteiger partial charge in [-0.25, -0.2) is 9.59 Å². The van der Waals surface area contributed by atoms with Crippen LogP contribution in [0.15, 0.2) is 58.8 Å². The minimum atomic E-state index is -1.12. The molecule has 1 aliphatic carbocycles. The first kappa shape index (κ1) is 24.7. The van der Waals surface area contributed by atoms with Crippen LogP contribution in [0.1, 0.15) is 29.9 Å². The fourth-order valence-corrected chi connectivity index (χ4v) is 4.18. The van der Waals surface area contributed by atoms with Crippen molar-refractivity contribution in [3.8, 4) is 11.1 Å². The van der Waals surface area contributed by atoms with Crippen molar-refractivity contribution in [2.75, 3.05) is 34.3 Å². The molecule has 0 aromatic heterocycles. The molecule has 0 unspecified atom stereocenters. The van der Waals surface area contributed by atoms with Gasteiger partial charge in [0, 0.05) is 18.8 Å². The van der Waals surface area contributed by atoms with Crippen molar-refractivity contribution >= 4 is 12.1 Å². The molecule has 9 heteroatoms. The van der Waals surface area contributed by atoms with Gasteiger partial charge in [-0.2, -0.15) is 10.2 Å². The van der Waals surface area contributed by atoms with Gasteiger partial charge in [0.25, 0.3) is 0 Å². The van der Waals surface area contributed by atoms with E-state index in [2.05, 4.69) is 48.8 Å². The topological polar surface area (TPSA) is 100 Å². The Kier molecular flexibility index (Phi) is 7.09. The predicted molar refractivity (Wildman–Crippen MR) is 119 cm³/mol. The first-order valence-electron chi connectivity index (χ1n) is 10.8. The van der Waals surface area contributed by atoms with Crippen molar-refractivity contribution in [3.05, 3.63) is 59.7 Å². The lowest BCUT2D eigenvalue weighted by atomic mass is 9.98. The number of carboxylic acid groups (broad SMARTS) is 1. The Balaban J connectivity index is 0.00000306. The summed E-state index contributed by atoms with van der Waals surface area (Å²) in [6, 6.07) is 15.0. The summed E-state index contributed by atoms with van der Waals surface area (Å²) in [6.07, 6.45) is 0.000727. The number of amides is 1. The number of hydrogen-bond acceptors (Lipinski definition) is 5. The fourth-order valence-electron chi connectivity index (χ4n) is 4.18. The van der Waals surface area contributed by atoms with E-state index in [4.69, 9.17) is 4.74 Å². The molecule has 4 rings (SSSR count). The third kappa shape index (κ3) is 5.69. The number of nitrogens with one attached hydrogen (secondary N) is 1. The summed E-state index contributed by atoms with van der Waals surface area (Å²) in [7, 11) is 6.17. The van der Waals surface area contributed by atoms with E-state index in [1.54, 1.807) is 0 Å². The summed E-state index contributed by atoms with van der Waals surface area (Å²) >= 11 is 0. The average Bonchev–Trinajstić information content (AvgIpc) is 3.44. The third-order valence-electron chi connectivity index (χ3n) is 6.03. The van der Waals surface area contributed by atoms with Crippen LogP contribution in [0.2, 0.25) is 0 Å². The number of carbonyl (C=O) groups excluding carboxylic acids is 1. The highest BCUT2D eigenvalue weighted by Crippen LogP contribution is 2.44. The standard InChI is InChI=1S/C24H28N4O4.ClH/c1-28(2,3)13-12-24(26-27-24)14-21(22(29)30)25-23(31)32-15-20-18-10-6-4-8-16(18)17-9-5-7-11-19(17)20;/h4-11,20-21H,12-15H2,1-3H3,(H-,25,29,30,31);1H/t21-;/m0./s1. The Morgan fingerprint density at radius 2 is 1.61 bits per heavy atom. The lowest BCUT2D eigenvalue weighted by molar-refractivity contribution is -0.870. The normalized spacial score (nSPS) is 16.2. The Labute approximate surface area is 199 Å². The molecular weight excluding hydrogens is 444 g/mol. The molecule has 0 saturated carbocycles. The molecule has 0 spiro atoms. The Morgan fingerprint density at radius 1 is 1.06 bits per heavy atom. The lowest BCUT2D eigenvalue weighted by Gasteiger charge is -2.26. The minimum Gasteiger partial charge on any atom is -1.00 e. The van der Waals surface area contributed by atoms with Crippen LogP contribution >= 0.6 is 0 Å². The quantitative estimate of drug-likeness (QED) is 0.523. The van der Waals surface area contributed by atoms with Crippen molar-refractivity contribution in [2.24, 2.45) is 10.2 Å². The van der Waals surface area contributed by atoms with Crippen LogP contribution in [0.3, 0.4) is 0 Å². The highest BCUT2D eigenvalue weighted by atomic mass is 35.5. The number of rotatable bonds is 9. The minimum absolute atomic E-state index is 0. The Morgan fingerprint density at radius 3 is 2.09 bits per heavy atom. The maximum absolute atomic E-state index is 12.5. The van der Waals surface area contributed by atoms with Crippen LogP contribution in [0, 0.1) is 0 Å². The highest BCUT2D eigenvalue weighted by molar-refractivity contribution is 5.81. The summed E-state index contributed by atoms with van der Waals surface area (Å²) < 4.78 is 6.22. The van der Waals surface area contributed by atoms with Crippen molar-refractivity contribution in [3.63, 3.8) is 0 Å². The van der Waals surface area contributed by atoms with Crippen LogP contribution in [-0.2, 0) is 9.53 Å². The summed E-state index contributed by atoms with van der Waals surface area (Å²) in [5, 5.41) is 20.3. The molecule has 1 aliphatic heterocycles. The number of carboxylic acids is 1. The number of alkyl carbamates (subject to hydrolysis) is 1. The Bertz CT molecular complexity index is 1010. The number of aliphatic carboxylic acids is 1. The molecule has 2 aromatic carbocycles. The van der Waals surface area contributed by atoms with Gasteiger partial charge in [-0.15, -0.1) is 0 Å².